The molecule has 6 nitrogen and oxygen atoms in total. The van der Waals surface area contributed by atoms with E-state index in [0.717, 1.165) is 27.9 Å². The van der Waals surface area contributed by atoms with Gasteiger partial charge in [0.25, 0.3) is 5.91 Å². The van der Waals surface area contributed by atoms with Gasteiger partial charge in [-0.05, 0) is 84.6 Å². The number of hydrogen-bond donors (Lipinski definition) is 1. The van der Waals surface area contributed by atoms with Crippen LogP contribution in [0.3, 0.4) is 0 Å². The highest BCUT2D eigenvalue weighted by atomic mass is 16.5. The van der Waals surface area contributed by atoms with Crippen LogP contribution in [-0.2, 0) is 11.4 Å². The van der Waals surface area contributed by atoms with E-state index < -0.39 is 5.97 Å². The Balaban J connectivity index is 1.33. The minimum Gasteiger partial charge on any atom is -0.493 e. The summed E-state index contributed by atoms with van der Waals surface area (Å²) in [6, 6.07) is 27.6. The summed E-state index contributed by atoms with van der Waals surface area (Å²) in [6.07, 6.45) is 2.97. The predicted octanol–water partition coefficient (Wildman–Crippen LogP) is 6.76. The van der Waals surface area contributed by atoms with Gasteiger partial charge in [0.1, 0.15) is 12.4 Å². The maximum Gasteiger partial charge on any atom is 0.336 e. The summed E-state index contributed by atoms with van der Waals surface area (Å²) < 4.78 is 16.7. The number of benzene rings is 4. The Morgan fingerprint density at radius 2 is 1.61 bits per heavy atom. The van der Waals surface area contributed by atoms with Crippen molar-refractivity contribution in [3.8, 4) is 17.2 Å². The Hall–Kier alpha value is -4.84. The van der Waals surface area contributed by atoms with Gasteiger partial charge in [0.05, 0.1) is 7.11 Å². The normalized spacial score (nSPS) is 10.7. The van der Waals surface area contributed by atoms with Gasteiger partial charge in [-0.1, -0.05) is 48.5 Å². The predicted molar refractivity (Wildman–Crippen MR) is 149 cm³/mol. The monoisotopic (exact) mass is 507 g/mol. The Bertz CT molecular complexity index is 1440. The quantitative estimate of drug-likeness (QED) is 0.154. The van der Waals surface area contributed by atoms with Crippen molar-refractivity contribution in [2.24, 2.45) is 0 Å². The van der Waals surface area contributed by atoms with E-state index in [4.69, 9.17) is 14.2 Å². The standard InChI is InChI=1S/C32H29NO5/c1-22-9-10-23(2)28(19-22)33-32(35)26-13-15-27(16-14-26)38-31(34)18-12-24-11-17-29(30(20-24)36-3)37-21-25-7-5-4-6-8-25/h4-20H,21H2,1-3H3,(H,33,35)/b18-12+. The first-order valence-electron chi connectivity index (χ1n) is 12.1. The minimum absolute atomic E-state index is 0.235. The molecule has 1 amide bonds. The van der Waals surface area contributed by atoms with E-state index in [1.807, 2.05) is 68.4 Å². The fourth-order valence-corrected chi connectivity index (χ4v) is 3.70. The van der Waals surface area contributed by atoms with E-state index in [-0.39, 0.29) is 5.91 Å². The van der Waals surface area contributed by atoms with E-state index >= 15 is 0 Å². The van der Waals surface area contributed by atoms with Crippen molar-refractivity contribution in [1.29, 1.82) is 0 Å². The molecular weight excluding hydrogens is 478 g/mol. The fourth-order valence-electron chi connectivity index (χ4n) is 3.70. The van der Waals surface area contributed by atoms with Crippen LogP contribution in [0, 0.1) is 13.8 Å². The minimum atomic E-state index is -0.541. The van der Waals surface area contributed by atoms with Crippen molar-refractivity contribution in [1.82, 2.24) is 0 Å². The lowest BCUT2D eigenvalue weighted by Crippen LogP contribution is -2.13. The Morgan fingerprint density at radius 1 is 0.842 bits per heavy atom. The molecule has 0 radical (unpaired) electrons. The number of methoxy groups -OCH3 is 1. The van der Waals surface area contributed by atoms with Crippen LogP contribution in [-0.4, -0.2) is 19.0 Å². The van der Waals surface area contributed by atoms with Crippen LogP contribution in [0.5, 0.6) is 17.2 Å². The maximum atomic E-state index is 12.6. The van der Waals surface area contributed by atoms with Crippen molar-refractivity contribution in [2.75, 3.05) is 12.4 Å². The second kappa shape index (κ2) is 12.4. The second-order valence-electron chi connectivity index (χ2n) is 8.74. The smallest absolute Gasteiger partial charge is 0.336 e. The SMILES string of the molecule is COc1cc(/C=C/C(=O)Oc2ccc(C(=O)Nc3cc(C)ccc3C)cc2)ccc1OCc1ccccc1. The highest BCUT2D eigenvalue weighted by Crippen LogP contribution is 2.29. The third-order valence-corrected chi connectivity index (χ3v) is 5.81. The molecule has 0 aliphatic rings. The molecule has 0 aliphatic heterocycles. The Labute approximate surface area is 222 Å². The average Bonchev–Trinajstić information content (AvgIpc) is 2.94. The lowest BCUT2D eigenvalue weighted by atomic mass is 10.1. The van der Waals surface area contributed by atoms with E-state index in [0.29, 0.717) is 29.4 Å². The molecule has 0 bridgehead atoms. The van der Waals surface area contributed by atoms with Crippen LogP contribution in [0.15, 0.2) is 97.1 Å². The van der Waals surface area contributed by atoms with Gasteiger partial charge >= 0.3 is 5.97 Å². The van der Waals surface area contributed by atoms with Crippen molar-refractivity contribution < 1.29 is 23.8 Å². The summed E-state index contributed by atoms with van der Waals surface area (Å²) in [5, 5.41) is 2.92. The van der Waals surface area contributed by atoms with Crippen LogP contribution < -0.4 is 19.5 Å². The number of aryl methyl sites for hydroxylation is 2. The lowest BCUT2D eigenvalue weighted by molar-refractivity contribution is -0.128. The van der Waals surface area contributed by atoms with Crippen molar-refractivity contribution in [2.45, 2.75) is 20.5 Å². The van der Waals surface area contributed by atoms with Gasteiger partial charge in [-0.25, -0.2) is 4.79 Å². The fraction of sp³-hybridized carbons (Fsp3) is 0.125. The second-order valence-corrected chi connectivity index (χ2v) is 8.74. The molecule has 0 aromatic heterocycles. The van der Waals surface area contributed by atoms with Crippen LogP contribution in [0.4, 0.5) is 5.69 Å². The first-order valence-corrected chi connectivity index (χ1v) is 12.1. The third kappa shape index (κ3) is 7.11. The molecule has 0 unspecified atom stereocenters. The van der Waals surface area contributed by atoms with Crippen LogP contribution in [0.2, 0.25) is 0 Å². The molecule has 4 aromatic carbocycles. The molecule has 6 heteroatoms. The number of nitrogens with one attached hydrogen (secondary N) is 1. The first kappa shape index (κ1) is 26.2. The molecule has 0 spiro atoms. The number of rotatable bonds is 9. The van der Waals surface area contributed by atoms with Crippen LogP contribution >= 0.6 is 0 Å². The topological polar surface area (TPSA) is 73.9 Å². The highest BCUT2D eigenvalue weighted by molar-refractivity contribution is 6.04. The van der Waals surface area contributed by atoms with Gasteiger partial charge in [-0.15, -0.1) is 0 Å². The number of carbonyl (C=O) groups is 2. The summed E-state index contributed by atoms with van der Waals surface area (Å²) in [6.45, 7) is 4.33. The summed E-state index contributed by atoms with van der Waals surface area (Å²) in [4.78, 5) is 25.0. The first-order chi connectivity index (χ1) is 18.4. The molecular formula is C32H29NO5. The zero-order chi connectivity index (χ0) is 26.9. The number of ether oxygens (including phenoxy) is 3. The van der Waals surface area contributed by atoms with Crippen LogP contribution in [0.1, 0.15) is 32.6 Å². The van der Waals surface area contributed by atoms with Crippen molar-refractivity contribution in [3.63, 3.8) is 0 Å². The van der Waals surface area contributed by atoms with E-state index in [1.54, 1.807) is 49.6 Å². The molecule has 0 atom stereocenters. The van der Waals surface area contributed by atoms with Gasteiger partial charge in [-0.2, -0.15) is 0 Å². The van der Waals surface area contributed by atoms with Gasteiger partial charge < -0.3 is 19.5 Å². The third-order valence-electron chi connectivity index (χ3n) is 5.81. The number of hydrogen-bond acceptors (Lipinski definition) is 5. The van der Waals surface area contributed by atoms with Gasteiger partial charge in [0, 0.05) is 17.3 Å². The van der Waals surface area contributed by atoms with Gasteiger partial charge in [0.2, 0.25) is 0 Å². The highest BCUT2D eigenvalue weighted by Gasteiger charge is 2.10. The molecule has 38 heavy (non-hydrogen) atoms. The molecule has 0 aliphatic carbocycles. The molecule has 1 N–H and O–H groups in total. The summed E-state index contributed by atoms with van der Waals surface area (Å²) in [5.41, 5.74) is 5.08. The Morgan fingerprint density at radius 3 is 2.34 bits per heavy atom. The maximum absolute atomic E-state index is 12.6. The Kier molecular flexibility index (Phi) is 8.57. The largest absolute Gasteiger partial charge is 0.493 e. The van der Waals surface area contributed by atoms with E-state index in [1.165, 1.54) is 6.08 Å². The number of esters is 1. The van der Waals surface area contributed by atoms with Crippen LogP contribution in [0.25, 0.3) is 6.08 Å². The summed E-state index contributed by atoms with van der Waals surface area (Å²) >= 11 is 0. The van der Waals surface area contributed by atoms with Crippen molar-refractivity contribution >= 4 is 23.6 Å². The van der Waals surface area contributed by atoms with Gasteiger partial charge in [-0.3, -0.25) is 4.79 Å². The molecule has 0 saturated heterocycles. The van der Waals surface area contributed by atoms with E-state index in [2.05, 4.69) is 5.32 Å². The average molecular weight is 508 g/mol. The van der Waals surface area contributed by atoms with Crippen molar-refractivity contribution in [3.05, 3.63) is 125 Å². The zero-order valence-corrected chi connectivity index (χ0v) is 21.6. The van der Waals surface area contributed by atoms with E-state index in [9.17, 15) is 9.59 Å². The molecule has 192 valence electrons. The number of carbonyl (C=O) groups excluding carboxylic acids is 2. The molecule has 0 heterocycles. The molecule has 4 rings (SSSR count). The van der Waals surface area contributed by atoms with Gasteiger partial charge in [0.15, 0.2) is 11.5 Å². The summed E-state index contributed by atoms with van der Waals surface area (Å²) in [5.74, 6) is 0.733. The molecule has 4 aromatic rings. The lowest BCUT2D eigenvalue weighted by Gasteiger charge is -2.11. The number of amides is 1. The number of anilines is 1. The zero-order valence-electron chi connectivity index (χ0n) is 21.6. The molecule has 0 saturated carbocycles. The summed E-state index contributed by atoms with van der Waals surface area (Å²) in [7, 11) is 1.57. The molecule has 0 fully saturated rings.